The molecule has 0 fully saturated rings. The molecule has 0 radical (unpaired) electrons. The standard InChI is InChI=1S/C18H22O6S/c1-14-11-15(23-10-6-5-9-19)13-16(12-14)24-25(20,21)18-8-4-3-7-17(18)22-2/h3-4,7-8,11-13,19H,5-6,9-10H2,1-2H3. The smallest absolute Gasteiger partial charge is 0.342 e. The number of rotatable bonds is 9. The van der Waals surface area contributed by atoms with Crippen LogP contribution in [0.3, 0.4) is 0 Å². The molecule has 0 saturated heterocycles. The van der Waals surface area contributed by atoms with Crippen molar-refractivity contribution >= 4 is 10.1 Å². The molecule has 0 heterocycles. The number of aliphatic hydroxyl groups is 1. The van der Waals surface area contributed by atoms with Crippen LogP contribution in [-0.4, -0.2) is 33.8 Å². The molecule has 0 spiro atoms. The van der Waals surface area contributed by atoms with E-state index in [2.05, 4.69) is 0 Å². The molecule has 0 saturated carbocycles. The van der Waals surface area contributed by atoms with E-state index in [1.807, 2.05) is 6.92 Å². The third-order valence-corrected chi connectivity index (χ3v) is 4.68. The third-order valence-electron chi connectivity index (χ3n) is 3.39. The van der Waals surface area contributed by atoms with Crippen LogP contribution in [-0.2, 0) is 10.1 Å². The van der Waals surface area contributed by atoms with Crippen LogP contribution >= 0.6 is 0 Å². The minimum atomic E-state index is -4.03. The average Bonchev–Trinajstić information content (AvgIpc) is 2.58. The van der Waals surface area contributed by atoms with E-state index in [0.717, 1.165) is 5.56 Å². The zero-order valence-electron chi connectivity index (χ0n) is 14.3. The van der Waals surface area contributed by atoms with Gasteiger partial charge in [0.25, 0.3) is 0 Å². The van der Waals surface area contributed by atoms with E-state index in [4.69, 9.17) is 18.8 Å². The average molecular weight is 366 g/mol. The number of aryl methyl sites for hydroxylation is 1. The highest BCUT2D eigenvalue weighted by molar-refractivity contribution is 7.87. The van der Waals surface area contributed by atoms with Crippen LogP contribution in [0.25, 0.3) is 0 Å². The van der Waals surface area contributed by atoms with E-state index < -0.39 is 10.1 Å². The molecule has 7 heteroatoms. The van der Waals surface area contributed by atoms with Gasteiger partial charge in [0.05, 0.1) is 13.7 Å². The predicted molar refractivity (Wildman–Crippen MR) is 93.8 cm³/mol. The number of hydrogen-bond acceptors (Lipinski definition) is 6. The van der Waals surface area contributed by atoms with Crippen LogP contribution < -0.4 is 13.7 Å². The molecule has 0 aliphatic rings. The maximum Gasteiger partial charge on any atom is 0.342 e. The van der Waals surface area contributed by atoms with E-state index in [-0.39, 0.29) is 23.0 Å². The van der Waals surface area contributed by atoms with Crippen molar-refractivity contribution in [2.45, 2.75) is 24.7 Å². The van der Waals surface area contributed by atoms with Crippen LogP contribution in [0.4, 0.5) is 0 Å². The van der Waals surface area contributed by atoms with Gasteiger partial charge < -0.3 is 18.8 Å². The Kier molecular flexibility index (Phi) is 6.66. The van der Waals surface area contributed by atoms with Gasteiger partial charge in [-0.3, -0.25) is 0 Å². The lowest BCUT2D eigenvalue weighted by Crippen LogP contribution is -2.11. The van der Waals surface area contributed by atoms with Crippen molar-refractivity contribution in [1.29, 1.82) is 0 Å². The highest BCUT2D eigenvalue weighted by Gasteiger charge is 2.21. The highest BCUT2D eigenvalue weighted by Crippen LogP contribution is 2.29. The number of ether oxygens (including phenoxy) is 2. The summed E-state index contributed by atoms with van der Waals surface area (Å²) in [6.07, 6.45) is 1.36. The summed E-state index contributed by atoms with van der Waals surface area (Å²) in [5.41, 5.74) is 0.810. The van der Waals surface area contributed by atoms with Gasteiger partial charge in [0.15, 0.2) is 0 Å². The molecule has 6 nitrogen and oxygen atoms in total. The van der Waals surface area contributed by atoms with Crippen LogP contribution in [0.15, 0.2) is 47.4 Å². The van der Waals surface area contributed by atoms with Crippen molar-refractivity contribution in [3.05, 3.63) is 48.0 Å². The van der Waals surface area contributed by atoms with Gasteiger partial charge in [0.1, 0.15) is 22.1 Å². The first-order chi connectivity index (χ1) is 12.0. The molecule has 2 aromatic carbocycles. The number of hydrogen-bond donors (Lipinski definition) is 1. The Morgan fingerprint density at radius 2 is 1.76 bits per heavy atom. The topological polar surface area (TPSA) is 82.1 Å². The van der Waals surface area contributed by atoms with E-state index in [1.165, 1.54) is 19.2 Å². The molecular weight excluding hydrogens is 344 g/mol. The Bertz CT molecular complexity index is 801. The lowest BCUT2D eigenvalue weighted by Gasteiger charge is -2.12. The number of para-hydroxylation sites is 1. The summed E-state index contributed by atoms with van der Waals surface area (Å²) in [4.78, 5) is -0.0376. The molecule has 2 aromatic rings. The second-order valence-corrected chi connectivity index (χ2v) is 6.96. The number of benzene rings is 2. The maximum absolute atomic E-state index is 12.5. The fraction of sp³-hybridized carbons (Fsp3) is 0.333. The molecule has 2 rings (SSSR count). The summed E-state index contributed by atoms with van der Waals surface area (Å²) in [6, 6.07) is 11.2. The molecule has 0 unspecified atom stereocenters. The van der Waals surface area contributed by atoms with Crippen molar-refractivity contribution in [3.8, 4) is 17.2 Å². The second-order valence-electron chi connectivity index (χ2n) is 5.45. The van der Waals surface area contributed by atoms with Crippen molar-refractivity contribution in [3.63, 3.8) is 0 Å². The zero-order valence-corrected chi connectivity index (χ0v) is 15.1. The molecule has 0 atom stereocenters. The first-order valence-electron chi connectivity index (χ1n) is 7.89. The van der Waals surface area contributed by atoms with Gasteiger partial charge in [0.2, 0.25) is 0 Å². The Labute approximate surface area is 148 Å². The third kappa shape index (κ3) is 5.37. The number of unbranched alkanes of at least 4 members (excludes halogenated alkanes) is 1. The van der Waals surface area contributed by atoms with Crippen LogP contribution in [0.1, 0.15) is 18.4 Å². The van der Waals surface area contributed by atoms with Crippen molar-refractivity contribution in [1.82, 2.24) is 0 Å². The highest BCUT2D eigenvalue weighted by atomic mass is 32.2. The van der Waals surface area contributed by atoms with Gasteiger partial charge in [-0.05, 0) is 49.6 Å². The van der Waals surface area contributed by atoms with Gasteiger partial charge in [0, 0.05) is 12.7 Å². The Hall–Kier alpha value is -2.25. The van der Waals surface area contributed by atoms with Crippen LogP contribution in [0, 0.1) is 6.92 Å². The number of methoxy groups -OCH3 is 1. The summed E-state index contributed by atoms with van der Waals surface area (Å²) < 4.78 is 41.0. The molecule has 0 aliphatic heterocycles. The minimum Gasteiger partial charge on any atom is -0.495 e. The SMILES string of the molecule is COc1ccccc1S(=O)(=O)Oc1cc(C)cc(OCCCCO)c1. The molecular formula is C18H22O6S. The maximum atomic E-state index is 12.5. The van der Waals surface area contributed by atoms with Gasteiger partial charge in [-0.25, -0.2) is 0 Å². The summed E-state index contributed by atoms with van der Waals surface area (Å²) in [6.45, 7) is 2.37. The fourth-order valence-corrected chi connectivity index (χ4v) is 3.33. The normalized spacial score (nSPS) is 11.2. The Morgan fingerprint density at radius 3 is 2.48 bits per heavy atom. The van der Waals surface area contributed by atoms with E-state index in [1.54, 1.807) is 30.3 Å². The van der Waals surface area contributed by atoms with E-state index >= 15 is 0 Å². The first kappa shape index (κ1) is 19.1. The van der Waals surface area contributed by atoms with E-state index in [9.17, 15) is 8.42 Å². The van der Waals surface area contributed by atoms with Crippen LogP contribution in [0.2, 0.25) is 0 Å². The van der Waals surface area contributed by atoms with Gasteiger partial charge >= 0.3 is 10.1 Å². The van der Waals surface area contributed by atoms with Crippen molar-refractivity contribution in [2.75, 3.05) is 20.3 Å². The Balaban J connectivity index is 2.19. The molecule has 0 aliphatic carbocycles. The summed E-state index contributed by atoms with van der Waals surface area (Å²) in [7, 11) is -2.63. The molecule has 0 bridgehead atoms. The second kappa shape index (κ2) is 8.73. The lowest BCUT2D eigenvalue weighted by atomic mass is 10.2. The Morgan fingerprint density at radius 1 is 1.04 bits per heavy atom. The molecule has 136 valence electrons. The lowest BCUT2D eigenvalue weighted by molar-refractivity contribution is 0.253. The first-order valence-corrected chi connectivity index (χ1v) is 9.30. The van der Waals surface area contributed by atoms with Gasteiger partial charge in [-0.15, -0.1) is 0 Å². The van der Waals surface area contributed by atoms with Crippen LogP contribution in [0.5, 0.6) is 17.2 Å². The summed E-state index contributed by atoms with van der Waals surface area (Å²) >= 11 is 0. The molecule has 1 N–H and O–H groups in total. The van der Waals surface area contributed by atoms with E-state index in [0.29, 0.717) is 25.2 Å². The fourth-order valence-electron chi connectivity index (χ4n) is 2.25. The number of aliphatic hydroxyl groups excluding tert-OH is 1. The van der Waals surface area contributed by atoms with Crippen molar-refractivity contribution in [2.24, 2.45) is 0 Å². The zero-order chi connectivity index (χ0) is 18.3. The summed E-state index contributed by atoms with van der Waals surface area (Å²) in [5.74, 6) is 0.905. The molecule has 25 heavy (non-hydrogen) atoms. The molecule has 0 aromatic heterocycles. The largest absolute Gasteiger partial charge is 0.495 e. The molecule has 0 amide bonds. The van der Waals surface area contributed by atoms with Gasteiger partial charge in [-0.2, -0.15) is 8.42 Å². The monoisotopic (exact) mass is 366 g/mol. The van der Waals surface area contributed by atoms with Crippen molar-refractivity contribution < 1.29 is 27.2 Å². The quantitative estimate of drug-likeness (QED) is 0.543. The van der Waals surface area contributed by atoms with Gasteiger partial charge in [-0.1, -0.05) is 12.1 Å². The predicted octanol–water partition coefficient (Wildman–Crippen LogP) is 2.92. The minimum absolute atomic E-state index is 0.0376. The summed E-state index contributed by atoms with van der Waals surface area (Å²) in [5, 5.41) is 8.78.